The van der Waals surface area contributed by atoms with Crippen molar-refractivity contribution >= 4 is 11.8 Å². The van der Waals surface area contributed by atoms with E-state index in [-0.39, 0.29) is 17.7 Å². The van der Waals surface area contributed by atoms with Crippen molar-refractivity contribution in [2.75, 3.05) is 20.2 Å². The molecule has 6 nitrogen and oxygen atoms in total. The maximum atomic E-state index is 12.7. The molecule has 0 saturated carbocycles. The van der Waals surface area contributed by atoms with Crippen LogP contribution in [0, 0.1) is 12.8 Å². The molecule has 1 aromatic heterocycles. The minimum atomic E-state index is -0.0572. The minimum absolute atomic E-state index is 0.0116. The summed E-state index contributed by atoms with van der Waals surface area (Å²) in [6.45, 7) is 3.59. The topological polar surface area (TPSA) is 71.5 Å². The minimum Gasteiger partial charge on any atom is -0.496 e. The highest BCUT2D eigenvalue weighted by Crippen LogP contribution is 2.23. The molecule has 1 aliphatic heterocycles. The third-order valence-electron chi connectivity index (χ3n) is 5.00. The largest absolute Gasteiger partial charge is 0.496 e. The Hall–Kier alpha value is -2.89. The number of methoxy groups -OCH3 is 1. The van der Waals surface area contributed by atoms with Gasteiger partial charge in [0.1, 0.15) is 5.75 Å². The molecule has 3 rings (SSSR count). The molecule has 0 atom stereocenters. The van der Waals surface area contributed by atoms with Gasteiger partial charge in [0.15, 0.2) is 0 Å². The van der Waals surface area contributed by atoms with Crippen LogP contribution in [-0.4, -0.2) is 41.9 Å². The lowest BCUT2D eigenvalue weighted by atomic mass is 9.95. The Morgan fingerprint density at radius 3 is 2.70 bits per heavy atom. The van der Waals surface area contributed by atoms with Crippen LogP contribution < -0.4 is 10.1 Å². The molecule has 0 aliphatic carbocycles. The van der Waals surface area contributed by atoms with Crippen molar-refractivity contribution in [3.8, 4) is 5.75 Å². The van der Waals surface area contributed by atoms with Gasteiger partial charge in [-0.1, -0.05) is 12.1 Å². The summed E-state index contributed by atoms with van der Waals surface area (Å²) >= 11 is 0. The summed E-state index contributed by atoms with van der Waals surface area (Å²) in [6.07, 6.45) is 4.81. The molecule has 27 heavy (non-hydrogen) atoms. The van der Waals surface area contributed by atoms with Crippen LogP contribution in [0.3, 0.4) is 0 Å². The number of aromatic nitrogens is 1. The summed E-state index contributed by atoms with van der Waals surface area (Å²) in [4.78, 5) is 31.0. The second kappa shape index (κ2) is 8.66. The molecule has 2 heterocycles. The Morgan fingerprint density at radius 2 is 2.04 bits per heavy atom. The molecule has 1 saturated heterocycles. The molecule has 6 heteroatoms. The van der Waals surface area contributed by atoms with Gasteiger partial charge in [-0.15, -0.1) is 0 Å². The van der Waals surface area contributed by atoms with Crippen LogP contribution in [0.5, 0.6) is 5.75 Å². The fraction of sp³-hybridized carbons (Fsp3) is 0.381. The van der Waals surface area contributed by atoms with Gasteiger partial charge in [0.2, 0.25) is 5.91 Å². The molecule has 0 bridgehead atoms. The molecule has 2 amide bonds. The first-order valence-corrected chi connectivity index (χ1v) is 9.19. The summed E-state index contributed by atoms with van der Waals surface area (Å²) in [5, 5.41) is 2.97. The summed E-state index contributed by atoms with van der Waals surface area (Å²) < 4.78 is 5.31. The highest BCUT2D eigenvalue weighted by atomic mass is 16.5. The van der Waals surface area contributed by atoms with E-state index in [1.54, 1.807) is 25.6 Å². The van der Waals surface area contributed by atoms with Crippen molar-refractivity contribution < 1.29 is 14.3 Å². The number of nitrogens with zero attached hydrogens (tertiary/aromatic N) is 2. The Balaban J connectivity index is 1.52. The van der Waals surface area contributed by atoms with Crippen molar-refractivity contribution in [3.05, 3.63) is 59.4 Å². The molecule has 0 unspecified atom stereocenters. The number of piperidine rings is 1. The summed E-state index contributed by atoms with van der Waals surface area (Å²) in [5.41, 5.74) is 2.60. The zero-order valence-corrected chi connectivity index (χ0v) is 15.8. The first kappa shape index (κ1) is 18.9. The smallest absolute Gasteiger partial charge is 0.253 e. The zero-order chi connectivity index (χ0) is 19.2. The molecule has 0 radical (unpaired) electrons. The Bertz CT molecular complexity index is 800. The van der Waals surface area contributed by atoms with E-state index < -0.39 is 0 Å². The van der Waals surface area contributed by atoms with E-state index in [4.69, 9.17) is 4.74 Å². The molecule has 1 N–H and O–H groups in total. The molecule has 0 spiro atoms. The van der Waals surface area contributed by atoms with Crippen molar-refractivity contribution in [1.82, 2.24) is 15.2 Å². The number of amides is 2. The number of benzene rings is 1. The van der Waals surface area contributed by atoms with Crippen LogP contribution in [0.15, 0.2) is 42.7 Å². The monoisotopic (exact) mass is 367 g/mol. The van der Waals surface area contributed by atoms with E-state index in [0.29, 0.717) is 43.8 Å². The van der Waals surface area contributed by atoms with Crippen LogP contribution >= 0.6 is 0 Å². The fourth-order valence-electron chi connectivity index (χ4n) is 3.32. The SMILES string of the molecule is COc1cc(C(=O)N2CCC(C(=O)NCc3cccnc3)CC2)ccc1C. The van der Waals surface area contributed by atoms with Gasteiger partial charge in [0.25, 0.3) is 5.91 Å². The van der Waals surface area contributed by atoms with Crippen LogP contribution in [-0.2, 0) is 11.3 Å². The lowest BCUT2D eigenvalue weighted by Crippen LogP contribution is -2.42. The number of likely N-dealkylation sites (tertiary alicyclic amines) is 1. The highest BCUT2D eigenvalue weighted by molar-refractivity contribution is 5.95. The molecule has 1 fully saturated rings. The molecule has 1 aliphatic rings. The first-order chi connectivity index (χ1) is 13.1. The Labute approximate surface area is 159 Å². The zero-order valence-electron chi connectivity index (χ0n) is 15.8. The van der Waals surface area contributed by atoms with Gasteiger partial charge in [0.05, 0.1) is 7.11 Å². The van der Waals surface area contributed by atoms with Crippen molar-refractivity contribution in [2.45, 2.75) is 26.3 Å². The van der Waals surface area contributed by atoms with E-state index in [9.17, 15) is 9.59 Å². The van der Waals surface area contributed by atoms with Gasteiger partial charge in [0, 0.05) is 43.5 Å². The average molecular weight is 367 g/mol. The van der Waals surface area contributed by atoms with E-state index in [0.717, 1.165) is 11.1 Å². The molecular formula is C21H25N3O3. The molecular weight excluding hydrogens is 342 g/mol. The number of nitrogens with one attached hydrogen (secondary N) is 1. The predicted octanol–water partition coefficient (Wildman–Crippen LogP) is 2.57. The van der Waals surface area contributed by atoms with E-state index in [2.05, 4.69) is 10.3 Å². The second-order valence-corrected chi connectivity index (χ2v) is 6.83. The van der Waals surface area contributed by atoms with Crippen molar-refractivity contribution in [1.29, 1.82) is 0 Å². The quantitative estimate of drug-likeness (QED) is 0.882. The maximum Gasteiger partial charge on any atom is 0.253 e. The van der Waals surface area contributed by atoms with Gasteiger partial charge in [-0.3, -0.25) is 14.6 Å². The number of ether oxygens (including phenoxy) is 1. The Morgan fingerprint density at radius 1 is 1.26 bits per heavy atom. The Kier molecular flexibility index (Phi) is 6.06. The lowest BCUT2D eigenvalue weighted by Gasteiger charge is -2.31. The maximum absolute atomic E-state index is 12.7. The number of hydrogen-bond acceptors (Lipinski definition) is 4. The van der Waals surface area contributed by atoms with Crippen LogP contribution in [0.4, 0.5) is 0 Å². The number of carbonyl (C=O) groups excluding carboxylic acids is 2. The number of aryl methyl sites for hydroxylation is 1. The van der Waals surface area contributed by atoms with Gasteiger partial charge in [-0.2, -0.15) is 0 Å². The number of hydrogen-bond donors (Lipinski definition) is 1. The number of pyridine rings is 1. The molecule has 142 valence electrons. The van der Waals surface area contributed by atoms with E-state index in [1.165, 1.54) is 0 Å². The fourth-order valence-corrected chi connectivity index (χ4v) is 3.32. The molecule has 2 aromatic rings. The standard InChI is InChI=1S/C21H25N3O3/c1-15-5-6-18(12-19(15)27-2)21(26)24-10-7-17(8-11-24)20(25)23-14-16-4-3-9-22-13-16/h3-6,9,12-13,17H,7-8,10-11,14H2,1-2H3,(H,23,25). The van der Waals surface area contributed by atoms with E-state index in [1.807, 2.05) is 36.1 Å². The lowest BCUT2D eigenvalue weighted by molar-refractivity contribution is -0.126. The predicted molar refractivity (Wildman–Crippen MR) is 102 cm³/mol. The van der Waals surface area contributed by atoms with E-state index >= 15 is 0 Å². The normalized spacial score (nSPS) is 14.7. The van der Waals surface area contributed by atoms with Crippen LogP contribution in [0.25, 0.3) is 0 Å². The third-order valence-corrected chi connectivity index (χ3v) is 5.00. The molecule has 1 aromatic carbocycles. The number of rotatable bonds is 5. The van der Waals surface area contributed by atoms with Gasteiger partial charge in [-0.05, 0) is 49.1 Å². The van der Waals surface area contributed by atoms with Gasteiger partial charge >= 0.3 is 0 Å². The third kappa shape index (κ3) is 4.64. The summed E-state index contributed by atoms with van der Waals surface area (Å²) in [5.74, 6) is 0.689. The van der Waals surface area contributed by atoms with Gasteiger partial charge < -0.3 is 15.0 Å². The first-order valence-electron chi connectivity index (χ1n) is 9.19. The van der Waals surface area contributed by atoms with Crippen molar-refractivity contribution in [2.24, 2.45) is 5.92 Å². The number of carbonyl (C=O) groups is 2. The van der Waals surface area contributed by atoms with Crippen molar-refractivity contribution in [3.63, 3.8) is 0 Å². The summed E-state index contributed by atoms with van der Waals surface area (Å²) in [7, 11) is 1.60. The second-order valence-electron chi connectivity index (χ2n) is 6.83. The highest BCUT2D eigenvalue weighted by Gasteiger charge is 2.28. The summed E-state index contributed by atoms with van der Waals surface area (Å²) in [6, 6.07) is 9.29. The average Bonchev–Trinajstić information content (AvgIpc) is 2.72. The van der Waals surface area contributed by atoms with Crippen LogP contribution in [0.1, 0.15) is 34.3 Å². The van der Waals surface area contributed by atoms with Gasteiger partial charge in [-0.25, -0.2) is 0 Å². The van der Waals surface area contributed by atoms with Crippen LogP contribution in [0.2, 0.25) is 0 Å².